The number of carbonyl (C=O) groups is 1. The van der Waals surface area contributed by atoms with Crippen molar-refractivity contribution in [3.05, 3.63) is 36.2 Å². The predicted molar refractivity (Wildman–Crippen MR) is 89.8 cm³/mol. The molecule has 0 aliphatic carbocycles. The first-order chi connectivity index (χ1) is 12.3. The van der Waals surface area contributed by atoms with Crippen molar-refractivity contribution >= 4 is 5.97 Å². The van der Waals surface area contributed by atoms with E-state index in [2.05, 4.69) is 5.10 Å². The second-order valence-corrected chi connectivity index (χ2v) is 5.65. The maximum absolute atomic E-state index is 13.5. The molecule has 0 spiro atoms. The smallest absolute Gasteiger partial charge is 0.435 e. The van der Waals surface area contributed by atoms with E-state index in [9.17, 15) is 18.0 Å². The number of halogens is 3. The molecule has 0 saturated carbocycles. The van der Waals surface area contributed by atoms with Crippen LogP contribution in [-0.2, 0) is 15.7 Å². The summed E-state index contributed by atoms with van der Waals surface area (Å²) in [5.41, 5.74) is -0.790. The molecular weight excluding hydrogens is 349 g/mol. The molecule has 0 radical (unpaired) electrons. The van der Waals surface area contributed by atoms with Gasteiger partial charge in [0.25, 0.3) is 0 Å². The van der Waals surface area contributed by atoms with Crippen LogP contribution in [0.4, 0.5) is 13.2 Å². The van der Waals surface area contributed by atoms with Crippen molar-refractivity contribution < 1.29 is 27.4 Å². The van der Waals surface area contributed by atoms with Gasteiger partial charge in [0.15, 0.2) is 5.69 Å². The topological polar surface area (TPSA) is 53.4 Å². The number of benzene rings is 1. The SMILES string of the molecule is CCCC(C(=O)OCC)n1cc(-c2ccc(OC)cc2)c(C(F)(F)F)n1. The molecule has 5 nitrogen and oxygen atoms in total. The van der Waals surface area contributed by atoms with Crippen LogP contribution in [0.25, 0.3) is 11.1 Å². The number of nitrogens with zero attached hydrogens (tertiary/aromatic N) is 2. The summed E-state index contributed by atoms with van der Waals surface area (Å²) < 4.78 is 51.5. The first kappa shape index (κ1) is 19.8. The van der Waals surface area contributed by atoms with Gasteiger partial charge in [0.05, 0.1) is 13.7 Å². The van der Waals surface area contributed by atoms with Crippen LogP contribution in [0.2, 0.25) is 0 Å². The summed E-state index contributed by atoms with van der Waals surface area (Å²) in [7, 11) is 1.48. The molecule has 26 heavy (non-hydrogen) atoms. The lowest BCUT2D eigenvalue weighted by Gasteiger charge is -2.15. The minimum absolute atomic E-state index is 0.0921. The van der Waals surface area contributed by atoms with E-state index in [1.807, 2.05) is 6.92 Å². The molecule has 0 aliphatic heterocycles. The highest BCUT2D eigenvalue weighted by Gasteiger charge is 2.39. The Balaban J connectivity index is 2.52. The highest BCUT2D eigenvalue weighted by molar-refractivity contribution is 5.75. The summed E-state index contributed by atoms with van der Waals surface area (Å²) in [6.45, 7) is 3.64. The number of rotatable bonds is 7. The highest BCUT2D eigenvalue weighted by Crippen LogP contribution is 2.37. The molecule has 1 atom stereocenters. The van der Waals surface area contributed by atoms with E-state index in [-0.39, 0.29) is 12.2 Å². The fraction of sp³-hybridized carbons (Fsp3) is 0.444. The number of carbonyl (C=O) groups excluding carboxylic acids is 1. The van der Waals surface area contributed by atoms with Crippen molar-refractivity contribution in [2.24, 2.45) is 0 Å². The molecule has 0 saturated heterocycles. The van der Waals surface area contributed by atoms with E-state index in [1.165, 1.54) is 25.4 Å². The second-order valence-electron chi connectivity index (χ2n) is 5.65. The summed E-state index contributed by atoms with van der Waals surface area (Å²) in [5, 5.41) is 3.68. The number of alkyl halides is 3. The van der Waals surface area contributed by atoms with Gasteiger partial charge in [-0.3, -0.25) is 4.68 Å². The third-order valence-electron chi connectivity index (χ3n) is 3.84. The lowest BCUT2D eigenvalue weighted by atomic mass is 10.1. The van der Waals surface area contributed by atoms with Crippen molar-refractivity contribution in [3.63, 3.8) is 0 Å². The molecule has 0 N–H and O–H groups in total. The van der Waals surface area contributed by atoms with Crippen molar-refractivity contribution in [1.29, 1.82) is 0 Å². The Kier molecular flexibility index (Phi) is 6.28. The van der Waals surface area contributed by atoms with Crippen LogP contribution in [0, 0.1) is 0 Å². The number of esters is 1. The molecule has 2 aromatic rings. The van der Waals surface area contributed by atoms with Gasteiger partial charge in [-0.1, -0.05) is 25.5 Å². The first-order valence-electron chi connectivity index (χ1n) is 8.29. The third-order valence-corrected chi connectivity index (χ3v) is 3.84. The Morgan fingerprint density at radius 3 is 2.38 bits per heavy atom. The summed E-state index contributed by atoms with van der Waals surface area (Å²) >= 11 is 0. The largest absolute Gasteiger partial charge is 0.497 e. The lowest BCUT2D eigenvalue weighted by molar-refractivity contribution is -0.149. The van der Waals surface area contributed by atoms with Gasteiger partial charge in [0.1, 0.15) is 11.8 Å². The molecule has 0 fully saturated rings. The monoisotopic (exact) mass is 370 g/mol. The Bertz CT molecular complexity index is 739. The zero-order valence-electron chi connectivity index (χ0n) is 14.8. The van der Waals surface area contributed by atoms with Gasteiger partial charge in [-0.25, -0.2) is 4.79 Å². The molecule has 1 unspecified atom stereocenters. The summed E-state index contributed by atoms with van der Waals surface area (Å²) in [6.07, 6.45) is -2.46. The minimum atomic E-state index is -4.65. The molecule has 0 bridgehead atoms. The molecule has 1 aromatic carbocycles. The Morgan fingerprint density at radius 2 is 1.88 bits per heavy atom. The van der Waals surface area contributed by atoms with Crippen molar-refractivity contribution in [2.45, 2.75) is 38.9 Å². The molecule has 1 heterocycles. The molecule has 142 valence electrons. The summed E-state index contributed by atoms with van der Waals surface area (Å²) in [4.78, 5) is 12.1. The maximum atomic E-state index is 13.5. The highest BCUT2D eigenvalue weighted by atomic mass is 19.4. The number of ether oxygens (including phenoxy) is 2. The third kappa shape index (κ3) is 4.36. The number of hydrogen-bond acceptors (Lipinski definition) is 4. The normalized spacial score (nSPS) is 12.7. The Hall–Kier alpha value is -2.51. The van der Waals surface area contributed by atoms with Crippen LogP contribution in [0.3, 0.4) is 0 Å². The average Bonchev–Trinajstić information content (AvgIpc) is 3.05. The van der Waals surface area contributed by atoms with Gasteiger partial charge in [0.2, 0.25) is 0 Å². The maximum Gasteiger partial charge on any atom is 0.435 e. The molecule has 0 aliphatic rings. The lowest BCUT2D eigenvalue weighted by Crippen LogP contribution is -2.23. The van der Waals surface area contributed by atoms with E-state index in [0.717, 1.165) is 4.68 Å². The van der Waals surface area contributed by atoms with Crippen molar-refractivity contribution in [2.75, 3.05) is 13.7 Å². The Labute approximate surface area is 149 Å². The van der Waals surface area contributed by atoms with E-state index >= 15 is 0 Å². The Morgan fingerprint density at radius 1 is 1.23 bits per heavy atom. The van der Waals surface area contributed by atoms with Crippen LogP contribution >= 0.6 is 0 Å². The van der Waals surface area contributed by atoms with Gasteiger partial charge >= 0.3 is 12.1 Å². The molecule has 1 aromatic heterocycles. The van der Waals surface area contributed by atoms with Crippen LogP contribution < -0.4 is 4.74 Å². The van der Waals surface area contributed by atoms with E-state index in [4.69, 9.17) is 9.47 Å². The first-order valence-corrected chi connectivity index (χ1v) is 8.29. The molecule has 2 rings (SSSR count). The number of aromatic nitrogens is 2. The van der Waals surface area contributed by atoms with Crippen LogP contribution in [-0.4, -0.2) is 29.5 Å². The summed E-state index contributed by atoms with van der Waals surface area (Å²) in [5.74, 6) is -0.0584. The summed E-state index contributed by atoms with van der Waals surface area (Å²) in [6, 6.07) is 5.29. The van der Waals surface area contributed by atoms with Crippen molar-refractivity contribution in [3.8, 4) is 16.9 Å². The zero-order chi connectivity index (χ0) is 19.3. The van der Waals surface area contributed by atoms with Gasteiger partial charge in [-0.15, -0.1) is 0 Å². The predicted octanol–water partition coefficient (Wildman–Crippen LogP) is 4.48. The number of hydrogen-bond donors (Lipinski definition) is 0. The molecular formula is C18H21F3N2O3. The van der Waals surface area contributed by atoms with E-state index < -0.39 is 23.9 Å². The zero-order valence-corrected chi connectivity index (χ0v) is 14.8. The van der Waals surface area contributed by atoms with Gasteiger partial charge in [-0.05, 0) is 31.0 Å². The van der Waals surface area contributed by atoms with Gasteiger partial charge < -0.3 is 9.47 Å². The minimum Gasteiger partial charge on any atom is -0.497 e. The van der Waals surface area contributed by atoms with Crippen LogP contribution in [0.5, 0.6) is 5.75 Å². The second kappa shape index (κ2) is 8.25. The van der Waals surface area contributed by atoms with Crippen LogP contribution in [0.15, 0.2) is 30.5 Å². The standard InChI is InChI=1S/C18H21F3N2O3/c1-4-6-15(17(24)26-5-2)23-11-14(16(22-23)18(19,20)21)12-7-9-13(25-3)10-8-12/h7-11,15H,4-6H2,1-3H3. The average molecular weight is 370 g/mol. The van der Waals surface area contributed by atoms with Gasteiger partial charge in [0, 0.05) is 11.8 Å². The fourth-order valence-corrected chi connectivity index (χ4v) is 2.61. The van der Waals surface area contributed by atoms with E-state index in [1.54, 1.807) is 19.1 Å². The van der Waals surface area contributed by atoms with Gasteiger partial charge in [-0.2, -0.15) is 18.3 Å². The molecule has 8 heteroatoms. The fourth-order valence-electron chi connectivity index (χ4n) is 2.61. The van der Waals surface area contributed by atoms with E-state index in [0.29, 0.717) is 24.2 Å². The van der Waals surface area contributed by atoms with Crippen molar-refractivity contribution in [1.82, 2.24) is 9.78 Å². The molecule has 0 amide bonds. The van der Waals surface area contributed by atoms with Crippen LogP contribution in [0.1, 0.15) is 38.4 Å². The quantitative estimate of drug-likeness (QED) is 0.674. The number of methoxy groups -OCH3 is 1.